The van der Waals surface area contributed by atoms with E-state index < -0.39 is 11.6 Å². The third kappa shape index (κ3) is 2.21. The number of hydrogen-bond acceptors (Lipinski definition) is 5. The van der Waals surface area contributed by atoms with Gasteiger partial charge in [0.05, 0.1) is 5.56 Å². The molecule has 0 aliphatic rings. The normalized spacial score (nSPS) is 10.8. The molecule has 3 aromatic rings. The first kappa shape index (κ1) is 12.5. The minimum absolute atomic E-state index is 0.0566. The van der Waals surface area contributed by atoms with Gasteiger partial charge in [-0.2, -0.15) is 24.7 Å². The lowest BCUT2D eigenvalue weighted by atomic mass is 10.2. The molecule has 2 heterocycles. The van der Waals surface area contributed by atoms with Gasteiger partial charge >= 0.3 is 0 Å². The van der Waals surface area contributed by atoms with Crippen molar-refractivity contribution in [2.75, 3.05) is 0 Å². The van der Waals surface area contributed by atoms with Crippen molar-refractivity contribution in [1.82, 2.24) is 29.7 Å². The topological polar surface area (TPSA) is 69.4 Å². The quantitative estimate of drug-likeness (QED) is 0.723. The van der Waals surface area contributed by atoms with Crippen LogP contribution in [-0.4, -0.2) is 29.7 Å². The van der Waals surface area contributed by atoms with Crippen LogP contribution in [-0.2, 0) is 0 Å². The highest BCUT2D eigenvalue weighted by Crippen LogP contribution is 2.22. The van der Waals surface area contributed by atoms with Gasteiger partial charge in [-0.1, -0.05) is 6.07 Å². The Morgan fingerprint density at radius 1 is 1.10 bits per heavy atom. The molecule has 0 aliphatic carbocycles. The fourth-order valence-electron chi connectivity index (χ4n) is 1.55. The molecular weight excluding hydrogens is 290 g/mol. The summed E-state index contributed by atoms with van der Waals surface area (Å²) in [5.41, 5.74) is -0.115. The molecule has 9 heteroatoms. The predicted octanol–water partition coefficient (Wildman–Crippen LogP) is 2.05. The third-order valence-corrected chi connectivity index (χ3v) is 2.58. The minimum atomic E-state index is -1.06. The van der Waals surface area contributed by atoms with E-state index >= 15 is 0 Å². The van der Waals surface area contributed by atoms with Crippen molar-refractivity contribution in [3.63, 3.8) is 0 Å². The fraction of sp³-hybridized carbons (Fsp3) is 0. The lowest BCUT2D eigenvalue weighted by Gasteiger charge is -2.05. The van der Waals surface area contributed by atoms with Crippen molar-refractivity contribution in [3.05, 3.63) is 47.8 Å². The number of benzene rings is 1. The molecule has 0 bridgehead atoms. The van der Waals surface area contributed by atoms with E-state index in [1.165, 1.54) is 29.5 Å². The summed E-state index contributed by atoms with van der Waals surface area (Å²) in [6.07, 6.45) is 2.62. The Bertz CT molecular complexity index is 762. The molecule has 0 atom stereocenters. The van der Waals surface area contributed by atoms with E-state index in [-0.39, 0.29) is 22.6 Å². The first-order valence-corrected chi connectivity index (χ1v) is 5.74. The Kier molecular flexibility index (Phi) is 3.07. The van der Waals surface area contributed by atoms with Crippen LogP contribution in [0, 0.1) is 11.6 Å². The maximum Gasteiger partial charge on any atom is 0.256 e. The molecule has 0 N–H and O–H groups in total. The van der Waals surface area contributed by atoms with Crippen molar-refractivity contribution in [2.45, 2.75) is 0 Å². The predicted molar refractivity (Wildman–Crippen MR) is 65.1 cm³/mol. The van der Waals surface area contributed by atoms with Crippen LogP contribution in [0.2, 0.25) is 5.28 Å². The molecule has 0 unspecified atom stereocenters. The van der Waals surface area contributed by atoms with Crippen LogP contribution in [0.5, 0.6) is 0 Å². The third-order valence-electron chi connectivity index (χ3n) is 2.41. The van der Waals surface area contributed by atoms with E-state index in [1.807, 2.05) is 0 Å². The summed E-state index contributed by atoms with van der Waals surface area (Å²) >= 11 is 5.77. The van der Waals surface area contributed by atoms with Crippen LogP contribution in [0.15, 0.2) is 30.9 Å². The SMILES string of the molecule is Fc1cccc(-c2nc(Cl)nc(-n3cncn3)n2)c1F. The van der Waals surface area contributed by atoms with E-state index in [1.54, 1.807) is 0 Å². The van der Waals surface area contributed by atoms with Gasteiger partial charge in [0.15, 0.2) is 17.5 Å². The van der Waals surface area contributed by atoms with Crippen molar-refractivity contribution in [2.24, 2.45) is 0 Å². The molecule has 6 nitrogen and oxygen atoms in total. The summed E-state index contributed by atoms with van der Waals surface area (Å²) in [6, 6.07) is 3.69. The first-order valence-electron chi connectivity index (χ1n) is 5.36. The van der Waals surface area contributed by atoms with E-state index in [2.05, 4.69) is 25.0 Å². The molecule has 0 amide bonds. The van der Waals surface area contributed by atoms with Crippen LogP contribution in [0.1, 0.15) is 0 Å². The highest BCUT2D eigenvalue weighted by atomic mass is 35.5. The van der Waals surface area contributed by atoms with Gasteiger partial charge in [0, 0.05) is 0 Å². The van der Waals surface area contributed by atoms with Crippen molar-refractivity contribution < 1.29 is 8.78 Å². The number of hydrogen-bond donors (Lipinski definition) is 0. The molecule has 0 saturated carbocycles. The van der Waals surface area contributed by atoms with E-state index in [0.717, 1.165) is 6.07 Å². The minimum Gasteiger partial charge on any atom is -0.223 e. The number of nitrogens with zero attached hydrogens (tertiary/aromatic N) is 6. The summed E-state index contributed by atoms with van der Waals surface area (Å²) < 4.78 is 28.2. The Morgan fingerprint density at radius 2 is 1.95 bits per heavy atom. The average Bonchev–Trinajstić information content (AvgIpc) is 2.95. The number of aromatic nitrogens is 6. The molecule has 0 spiro atoms. The number of halogens is 3. The highest BCUT2D eigenvalue weighted by Gasteiger charge is 2.15. The molecule has 0 radical (unpaired) electrons. The van der Waals surface area contributed by atoms with Crippen molar-refractivity contribution in [3.8, 4) is 17.3 Å². The largest absolute Gasteiger partial charge is 0.256 e. The smallest absolute Gasteiger partial charge is 0.223 e. The van der Waals surface area contributed by atoms with Gasteiger partial charge in [-0.15, -0.1) is 0 Å². The Morgan fingerprint density at radius 3 is 2.70 bits per heavy atom. The molecular formula is C11H5ClF2N6. The van der Waals surface area contributed by atoms with Crippen LogP contribution in [0.4, 0.5) is 8.78 Å². The highest BCUT2D eigenvalue weighted by molar-refractivity contribution is 6.28. The van der Waals surface area contributed by atoms with Gasteiger partial charge in [-0.05, 0) is 23.7 Å². The molecule has 3 rings (SSSR count). The Hall–Kier alpha value is -2.48. The summed E-state index contributed by atoms with van der Waals surface area (Å²) in [7, 11) is 0. The molecule has 0 fully saturated rings. The molecule has 1 aromatic carbocycles. The van der Waals surface area contributed by atoms with Gasteiger partial charge in [-0.3, -0.25) is 0 Å². The van der Waals surface area contributed by atoms with Gasteiger partial charge in [0.2, 0.25) is 5.28 Å². The van der Waals surface area contributed by atoms with Crippen molar-refractivity contribution in [1.29, 1.82) is 0 Å². The van der Waals surface area contributed by atoms with Gasteiger partial charge < -0.3 is 0 Å². The van der Waals surface area contributed by atoms with E-state index in [9.17, 15) is 8.78 Å². The second-order valence-corrected chi connectivity index (χ2v) is 4.01. The summed E-state index contributed by atoms with van der Waals surface area (Å²) in [6.45, 7) is 0. The lowest BCUT2D eigenvalue weighted by Crippen LogP contribution is -2.06. The average molecular weight is 295 g/mol. The monoisotopic (exact) mass is 294 g/mol. The Balaban J connectivity index is 2.17. The van der Waals surface area contributed by atoms with Crippen LogP contribution >= 0.6 is 11.6 Å². The van der Waals surface area contributed by atoms with Gasteiger partial charge in [0.25, 0.3) is 5.95 Å². The molecule has 0 aliphatic heterocycles. The van der Waals surface area contributed by atoms with E-state index in [4.69, 9.17) is 11.6 Å². The standard InChI is InChI=1S/C11H5ClF2N6/c12-10-17-9(6-2-1-3-7(13)8(6)14)18-11(19-10)20-5-15-4-16-20/h1-5H. The summed E-state index contributed by atoms with van der Waals surface area (Å²) in [5, 5.41) is 3.67. The molecule has 2 aromatic heterocycles. The second kappa shape index (κ2) is 4.89. The summed E-state index contributed by atoms with van der Waals surface area (Å²) in [4.78, 5) is 15.4. The molecule has 0 saturated heterocycles. The fourth-order valence-corrected chi connectivity index (χ4v) is 1.71. The van der Waals surface area contributed by atoms with Crippen LogP contribution < -0.4 is 0 Å². The zero-order chi connectivity index (χ0) is 14.1. The summed E-state index contributed by atoms with van der Waals surface area (Å²) in [5.74, 6) is -2.09. The lowest BCUT2D eigenvalue weighted by molar-refractivity contribution is 0.510. The van der Waals surface area contributed by atoms with Crippen LogP contribution in [0.25, 0.3) is 17.3 Å². The number of rotatable bonds is 2. The molecule has 20 heavy (non-hydrogen) atoms. The maximum absolute atomic E-state index is 13.7. The van der Waals surface area contributed by atoms with Crippen LogP contribution in [0.3, 0.4) is 0 Å². The maximum atomic E-state index is 13.7. The van der Waals surface area contributed by atoms with E-state index in [0.29, 0.717) is 0 Å². The van der Waals surface area contributed by atoms with Gasteiger partial charge in [-0.25, -0.2) is 13.8 Å². The Labute approximate surface area is 116 Å². The van der Waals surface area contributed by atoms with Gasteiger partial charge in [0.1, 0.15) is 12.7 Å². The second-order valence-electron chi connectivity index (χ2n) is 3.67. The van der Waals surface area contributed by atoms with Crippen molar-refractivity contribution >= 4 is 11.6 Å². The first-order chi connectivity index (χ1) is 9.65. The zero-order valence-corrected chi connectivity index (χ0v) is 10.5. The molecule has 100 valence electrons. The zero-order valence-electron chi connectivity index (χ0n) is 9.70.